The topological polar surface area (TPSA) is 76.4 Å². The van der Waals surface area contributed by atoms with Gasteiger partial charge in [-0.3, -0.25) is 4.79 Å². The number of amides is 1. The maximum Gasteiger partial charge on any atom is 0.301 e. The van der Waals surface area contributed by atoms with Gasteiger partial charge in [0.1, 0.15) is 0 Å². The first-order valence-electron chi connectivity index (χ1n) is 5.53. The van der Waals surface area contributed by atoms with Gasteiger partial charge in [-0.05, 0) is 41.3 Å². The minimum Gasteiger partial charge on any atom is -0.458 e. The fraction of sp³-hybridized carbons (Fsp3) is 0.545. The molecule has 1 amide bonds. The summed E-state index contributed by atoms with van der Waals surface area (Å²) in [5, 5.41) is -0.629. The first kappa shape index (κ1) is 15.2. The molecule has 0 saturated carbocycles. The van der Waals surface area contributed by atoms with Crippen LogP contribution in [0.15, 0.2) is 21.2 Å². The summed E-state index contributed by atoms with van der Waals surface area (Å²) in [4.78, 5) is 11.7. The molecule has 1 N–H and O–H groups in total. The Balaban J connectivity index is 2.78. The third-order valence-corrected chi connectivity index (χ3v) is 4.74. The monoisotopic (exact) mass is 337 g/mol. The Labute approximate surface area is 115 Å². The average molecular weight is 338 g/mol. The molecule has 1 heterocycles. The molecule has 5 nitrogen and oxygen atoms in total. The molecule has 0 aliphatic heterocycles. The Morgan fingerprint density at radius 1 is 1.44 bits per heavy atom. The van der Waals surface area contributed by atoms with E-state index in [1.54, 1.807) is 6.92 Å². The van der Waals surface area contributed by atoms with Crippen molar-refractivity contribution in [3.05, 3.63) is 22.6 Å². The van der Waals surface area contributed by atoms with Crippen molar-refractivity contribution in [3.8, 4) is 0 Å². The zero-order valence-corrected chi connectivity index (χ0v) is 12.8. The van der Waals surface area contributed by atoms with Gasteiger partial charge in [0.25, 0.3) is 0 Å². The van der Waals surface area contributed by atoms with E-state index in [0.717, 1.165) is 0 Å². The van der Waals surface area contributed by atoms with Crippen LogP contribution in [-0.4, -0.2) is 19.6 Å². The van der Waals surface area contributed by atoms with Gasteiger partial charge in [0.2, 0.25) is 15.8 Å². The number of carbonyl (C=O) groups excluding carboxylic acids is 1. The molecule has 0 spiro atoms. The van der Waals surface area contributed by atoms with Crippen molar-refractivity contribution < 1.29 is 17.6 Å². The van der Waals surface area contributed by atoms with Gasteiger partial charge in [-0.15, -0.1) is 0 Å². The normalized spacial score (nSPS) is 13.6. The third kappa shape index (κ3) is 3.84. The summed E-state index contributed by atoms with van der Waals surface area (Å²) in [6, 6.07) is 1.53. The summed E-state index contributed by atoms with van der Waals surface area (Å²) in [5.74, 6) is -0.570. The van der Waals surface area contributed by atoms with E-state index in [4.69, 9.17) is 4.42 Å². The Morgan fingerprint density at radius 3 is 2.50 bits per heavy atom. The Hall–Kier alpha value is -0.820. The van der Waals surface area contributed by atoms with Gasteiger partial charge < -0.3 is 4.42 Å². The van der Waals surface area contributed by atoms with Crippen molar-refractivity contribution in [1.82, 2.24) is 4.72 Å². The highest BCUT2D eigenvalue weighted by Crippen LogP contribution is 2.18. The largest absolute Gasteiger partial charge is 0.458 e. The maximum absolute atomic E-state index is 11.9. The number of sulfonamides is 1. The molecule has 1 aromatic rings. The number of furan rings is 1. The number of hydrogen-bond donors (Lipinski definition) is 1. The van der Waals surface area contributed by atoms with Crippen LogP contribution in [0.3, 0.4) is 0 Å². The van der Waals surface area contributed by atoms with Crippen LogP contribution in [0.1, 0.15) is 37.7 Å². The van der Waals surface area contributed by atoms with Crippen molar-refractivity contribution in [2.24, 2.45) is 5.92 Å². The van der Waals surface area contributed by atoms with Gasteiger partial charge in [-0.2, -0.15) is 0 Å². The van der Waals surface area contributed by atoms with Crippen molar-refractivity contribution in [2.75, 3.05) is 0 Å². The van der Waals surface area contributed by atoms with E-state index in [9.17, 15) is 13.2 Å². The zero-order chi connectivity index (χ0) is 13.9. The molecule has 0 bridgehead atoms. The van der Waals surface area contributed by atoms with Gasteiger partial charge in [-0.25, -0.2) is 13.1 Å². The SMILES string of the molecule is CC(C)CC(C)S(=O)(=O)NC(=O)c1occc1Br. The van der Waals surface area contributed by atoms with Gasteiger partial charge in [0.05, 0.1) is 16.0 Å². The number of rotatable bonds is 5. The van der Waals surface area contributed by atoms with Crippen molar-refractivity contribution >= 4 is 31.9 Å². The lowest BCUT2D eigenvalue weighted by molar-refractivity contribution is 0.0953. The average Bonchev–Trinajstić information content (AvgIpc) is 2.62. The van der Waals surface area contributed by atoms with Crippen LogP contribution in [0, 0.1) is 5.92 Å². The molecule has 18 heavy (non-hydrogen) atoms. The van der Waals surface area contributed by atoms with Gasteiger partial charge in [0, 0.05) is 0 Å². The summed E-state index contributed by atoms with van der Waals surface area (Å²) in [6.07, 6.45) is 1.80. The first-order valence-corrected chi connectivity index (χ1v) is 7.87. The highest BCUT2D eigenvalue weighted by Gasteiger charge is 2.26. The molecule has 1 rings (SSSR count). The van der Waals surface area contributed by atoms with Crippen LogP contribution in [0.5, 0.6) is 0 Å². The zero-order valence-electron chi connectivity index (χ0n) is 10.4. The number of carbonyl (C=O) groups is 1. The molecule has 1 aromatic heterocycles. The van der Waals surface area contributed by atoms with E-state index in [0.29, 0.717) is 10.9 Å². The minimum absolute atomic E-state index is 0.0460. The lowest BCUT2D eigenvalue weighted by Gasteiger charge is -2.15. The van der Waals surface area contributed by atoms with Crippen LogP contribution >= 0.6 is 15.9 Å². The third-order valence-electron chi connectivity index (χ3n) is 2.39. The first-order chi connectivity index (χ1) is 8.24. The fourth-order valence-electron chi connectivity index (χ4n) is 1.52. The molecule has 0 aromatic carbocycles. The van der Waals surface area contributed by atoms with E-state index < -0.39 is 21.2 Å². The predicted molar refractivity (Wildman–Crippen MR) is 71.7 cm³/mol. The van der Waals surface area contributed by atoms with E-state index in [1.807, 2.05) is 18.6 Å². The van der Waals surface area contributed by atoms with Gasteiger partial charge in [-0.1, -0.05) is 13.8 Å². The van der Waals surface area contributed by atoms with Crippen LogP contribution in [-0.2, 0) is 10.0 Å². The number of hydrogen-bond acceptors (Lipinski definition) is 4. The van der Waals surface area contributed by atoms with E-state index in [-0.39, 0.29) is 11.7 Å². The van der Waals surface area contributed by atoms with Crippen LogP contribution in [0.25, 0.3) is 0 Å². The molecule has 1 atom stereocenters. The predicted octanol–water partition coefficient (Wildman–Crippen LogP) is 2.54. The molecule has 7 heteroatoms. The van der Waals surface area contributed by atoms with Gasteiger partial charge in [0.15, 0.2) is 0 Å². The maximum atomic E-state index is 11.9. The molecular formula is C11H16BrNO4S. The highest BCUT2D eigenvalue weighted by atomic mass is 79.9. The van der Waals surface area contributed by atoms with Crippen molar-refractivity contribution in [1.29, 1.82) is 0 Å². The van der Waals surface area contributed by atoms with Crippen LogP contribution in [0.4, 0.5) is 0 Å². The summed E-state index contributed by atoms with van der Waals surface area (Å²) in [6.45, 7) is 5.43. The highest BCUT2D eigenvalue weighted by molar-refractivity contribution is 9.10. The fourth-order valence-corrected chi connectivity index (χ4v) is 3.09. The lowest BCUT2D eigenvalue weighted by Crippen LogP contribution is -2.37. The molecular weight excluding hydrogens is 322 g/mol. The quantitative estimate of drug-likeness (QED) is 0.895. The summed E-state index contributed by atoms with van der Waals surface area (Å²) >= 11 is 3.10. The standard InChI is InChI=1S/C11H16BrNO4S/c1-7(2)6-8(3)18(15,16)13-11(14)10-9(12)4-5-17-10/h4-5,7-8H,6H2,1-3H3,(H,13,14). The summed E-state index contributed by atoms with van der Waals surface area (Å²) < 4.78 is 31.1. The van der Waals surface area contributed by atoms with Gasteiger partial charge >= 0.3 is 5.91 Å². The van der Waals surface area contributed by atoms with Crippen LogP contribution in [0.2, 0.25) is 0 Å². The van der Waals surface area contributed by atoms with E-state index >= 15 is 0 Å². The van der Waals surface area contributed by atoms with Crippen molar-refractivity contribution in [3.63, 3.8) is 0 Å². The second kappa shape index (κ2) is 5.88. The summed E-state index contributed by atoms with van der Waals surface area (Å²) in [7, 11) is -3.68. The Bertz CT molecular complexity index is 521. The van der Waals surface area contributed by atoms with Crippen LogP contribution < -0.4 is 4.72 Å². The second-order valence-electron chi connectivity index (χ2n) is 4.51. The smallest absolute Gasteiger partial charge is 0.301 e. The molecule has 0 aliphatic rings. The van der Waals surface area contributed by atoms with E-state index in [1.165, 1.54) is 12.3 Å². The number of halogens is 1. The Morgan fingerprint density at radius 2 is 2.06 bits per heavy atom. The minimum atomic E-state index is -3.68. The molecule has 0 fully saturated rings. The molecule has 102 valence electrons. The molecule has 1 unspecified atom stereocenters. The summed E-state index contributed by atoms with van der Waals surface area (Å²) in [5.41, 5.74) is 0. The second-order valence-corrected chi connectivity index (χ2v) is 7.47. The molecule has 0 aliphatic carbocycles. The lowest BCUT2D eigenvalue weighted by atomic mass is 10.1. The number of nitrogens with one attached hydrogen (secondary N) is 1. The molecule has 0 radical (unpaired) electrons. The molecule has 0 saturated heterocycles. The Kier molecular flexibility index (Phi) is 4.98. The van der Waals surface area contributed by atoms with E-state index in [2.05, 4.69) is 15.9 Å². The van der Waals surface area contributed by atoms with Crippen molar-refractivity contribution in [2.45, 2.75) is 32.4 Å².